The van der Waals surface area contributed by atoms with E-state index in [4.69, 9.17) is 0 Å². The molecule has 0 unspecified atom stereocenters. The number of thiophene rings is 1. The molecule has 17 heavy (non-hydrogen) atoms. The van der Waals surface area contributed by atoms with Crippen LogP contribution in [-0.2, 0) is 11.3 Å². The molecule has 2 rings (SSSR count). The molecule has 2 nitrogen and oxygen atoms in total. The first-order valence-corrected chi connectivity index (χ1v) is 7.65. The lowest BCUT2D eigenvalue weighted by molar-refractivity contribution is -0.131. The van der Waals surface area contributed by atoms with Crippen molar-refractivity contribution >= 4 is 33.2 Å². The van der Waals surface area contributed by atoms with Crippen LogP contribution in [0.25, 0.3) is 0 Å². The number of rotatable bonds is 2. The van der Waals surface area contributed by atoms with E-state index < -0.39 is 0 Å². The van der Waals surface area contributed by atoms with Gasteiger partial charge in [-0.1, -0.05) is 13.8 Å². The number of amides is 1. The fourth-order valence-corrected chi connectivity index (χ4v) is 3.56. The largest absolute Gasteiger partial charge is 0.337 e. The standard InChI is InChI=1S/C13H18BrNOS/c1-13(2)5-3-12(16)15(7-6-13)9-11-10(14)4-8-17-11/h4,8H,3,5-7,9H2,1-2H3. The van der Waals surface area contributed by atoms with Crippen LogP contribution < -0.4 is 0 Å². The van der Waals surface area contributed by atoms with E-state index in [0.717, 1.165) is 30.4 Å². The quantitative estimate of drug-likeness (QED) is 0.806. The van der Waals surface area contributed by atoms with Gasteiger partial charge in [0.15, 0.2) is 0 Å². The lowest BCUT2D eigenvalue weighted by atomic mass is 9.85. The van der Waals surface area contributed by atoms with Gasteiger partial charge in [-0.05, 0) is 45.6 Å². The number of hydrogen-bond acceptors (Lipinski definition) is 2. The van der Waals surface area contributed by atoms with Gasteiger partial charge in [0.25, 0.3) is 0 Å². The van der Waals surface area contributed by atoms with Crippen LogP contribution in [-0.4, -0.2) is 17.4 Å². The van der Waals surface area contributed by atoms with Gasteiger partial charge < -0.3 is 4.90 Å². The minimum absolute atomic E-state index is 0.302. The lowest BCUT2D eigenvalue weighted by Crippen LogP contribution is -2.29. The first-order chi connectivity index (χ1) is 7.98. The molecule has 0 radical (unpaired) electrons. The molecule has 0 bridgehead atoms. The molecule has 0 saturated carbocycles. The van der Waals surface area contributed by atoms with E-state index >= 15 is 0 Å². The highest BCUT2D eigenvalue weighted by Gasteiger charge is 2.27. The van der Waals surface area contributed by atoms with Gasteiger partial charge in [0.05, 0.1) is 6.54 Å². The van der Waals surface area contributed by atoms with E-state index in [0.29, 0.717) is 17.7 Å². The number of carbonyl (C=O) groups excluding carboxylic acids is 1. The van der Waals surface area contributed by atoms with Crippen LogP contribution in [0.15, 0.2) is 15.9 Å². The molecule has 0 N–H and O–H groups in total. The second-order valence-corrected chi connectivity index (χ2v) is 7.28. The maximum atomic E-state index is 12.1. The molecule has 1 saturated heterocycles. The van der Waals surface area contributed by atoms with Gasteiger partial charge in [-0.25, -0.2) is 0 Å². The van der Waals surface area contributed by atoms with Crippen molar-refractivity contribution in [2.24, 2.45) is 5.41 Å². The number of carbonyl (C=O) groups is 1. The van der Waals surface area contributed by atoms with Gasteiger partial charge in [0.1, 0.15) is 0 Å². The Hall–Kier alpha value is -0.350. The van der Waals surface area contributed by atoms with Crippen molar-refractivity contribution in [3.05, 3.63) is 20.8 Å². The van der Waals surface area contributed by atoms with Crippen LogP contribution in [0.4, 0.5) is 0 Å². The second kappa shape index (κ2) is 5.11. The molecule has 1 amide bonds. The van der Waals surface area contributed by atoms with Gasteiger partial charge in [-0.3, -0.25) is 4.79 Å². The van der Waals surface area contributed by atoms with Crippen molar-refractivity contribution < 1.29 is 4.79 Å². The highest BCUT2D eigenvalue weighted by atomic mass is 79.9. The highest BCUT2D eigenvalue weighted by Crippen LogP contribution is 2.32. The van der Waals surface area contributed by atoms with Crippen molar-refractivity contribution in [2.45, 2.75) is 39.7 Å². The van der Waals surface area contributed by atoms with Crippen molar-refractivity contribution in [1.82, 2.24) is 4.90 Å². The number of nitrogens with zero attached hydrogens (tertiary/aromatic N) is 1. The maximum absolute atomic E-state index is 12.1. The fourth-order valence-electron chi connectivity index (χ4n) is 2.07. The van der Waals surface area contributed by atoms with Crippen LogP contribution in [0.1, 0.15) is 38.0 Å². The van der Waals surface area contributed by atoms with Crippen molar-refractivity contribution in [2.75, 3.05) is 6.54 Å². The number of hydrogen-bond donors (Lipinski definition) is 0. The Kier molecular flexibility index (Phi) is 3.93. The summed E-state index contributed by atoms with van der Waals surface area (Å²) in [7, 11) is 0. The van der Waals surface area contributed by atoms with Crippen LogP contribution in [0.2, 0.25) is 0 Å². The molecule has 1 aliphatic rings. The van der Waals surface area contributed by atoms with E-state index in [1.807, 2.05) is 11.0 Å². The van der Waals surface area contributed by atoms with Crippen LogP contribution in [0.5, 0.6) is 0 Å². The summed E-state index contributed by atoms with van der Waals surface area (Å²) in [5, 5.41) is 2.06. The van der Waals surface area contributed by atoms with Crippen LogP contribution in [0, 0.1) is 5.41 Å². The predicted molar refractivity (Wildman–Crippen MR) is 75.1 cm³/mol. The average Bonchev–Trinajstić information content (AvgIpc) is 2.61. The van der Waals surface area contributed by atoms with E-state index in [1.54, 1.807) is 11.3 Å². The van der Waals surface area contributed by atoms with E-state index in [2.05, 4.69) is 35.2 Å². The SMILES string of the molecule is CC1(C)CCC(=O)N(Cc2sccc2Br)CC1. The van der Waals surface area contributed by atoms with Crippen molar-refractivity contribution in [3.8, 4) is 0 Å². The van der Waals surface area contributed by atoms with Gasteiger partial charge >= 0.3 is 0 Å². The zero-order valence-electron chi connectivity index (χ0n) is 10.3. The van der Waals surface area contributed by atoms with E-state index in [1.165, 1.54) is 4.88 Å². The van der Waals surface area contributed by atoms with Crippen LogP contribution in [0.3, 0.4) is 0 Å². The van der Waals surface area contributed by atoms with Crippen molar-refractivity contribution in [1.29, 1.82) is 0 Å². The summed E-state index contributed by atoms with van der Waals surface area (Å²) in [4.78, 5) is 15.3. The minimum Gasteiger partial charge on any atom is -0.337 e. The summed E-state index contributed by atoms with van der Waals surface area (Å²) < 4.78 is 1.12. The summed E-state index contributed by atoms with van der Waals surface area (Å²) in [6.07, 6.45) is 2.80. The number of likely N-dealkylation sites (tertiary alicyclic amines) is 1. The highest BCUT2D eigenvalue weighted by molar-refractivity contribution is 9.10. The summed E-state index contributed by atoms with van der Waals surface area (Å²) in [5.74, 6) is 0.302. The summed E-state index contributed by atoms with van der Waals surface area (Å²) in [5.41, 5.74) is 0.303. The van der Waals surface area contributed by atoms with Gasteiger partial charge in [-0.2, -0.15) is 0 Å². The van der Waals surface area contributed by atoms with E-state index in [-0.39, 0.29) is 0 Å². The fraction of sp³-hybridized carbons (Fsp3) is 0.615. The third-order valence-electron chi connectivity index (χ3n) is 3.45. The van der Waals surface area contributed by atoms with E-state index in [9.17, 15) is 4.79 Å². The van der Waals surface area contributed by atoms with Gasteiger partial charge in [-0.15, -0.1) is 11.3 Å². The second-order valence-electron chi connectivity index (χ2n) is 5.42. The molecule has 0 aromatic carbocycles. The summed E-state index contributed by atoms with van der Waals surface area (Å²) >= 11 is 5.24. The first-order valence-electron chi connectivity index (χ1n) is 5.98. The first kappa shape index (κ1) is 13.1. The molecular formula is C13H18BrNOS. The van der Waals surface area contributed by atoms with Gasteiger partial charge in [0, 0.05) is 22.3 Å². The molecule has 94 valence electrons. The Morgan fingerprint density at radius 2 is 2.24 bits per heavy atom. The molecule has 1 aromatic heterocycles. The molecule has 0 atom stereocenters. The topological polar surface area (TPSA) is 20.3 Å². The maximum Gasteiger partial charge on any atom is 0.222 e. The Morgan fingerprint density at radius 3 is 2.88 bits per heavy atom. The summed E-state index contributed by atoms with van der Waals surface area (Å²) in [6, 6.07) is 2.05. The minimum atomic E-state index is 0.302. The predicted octanol–water partition coefficient (Wildman–Crippen LogP) is 4.05. The lowest BCUT2D eigenvalue weighted by Gasteiger charge is -2.23. The van der Waals surface area contributed by atoms with Crippen molar-refractivity contribution in [3.63, 3.8) is 0 Å². The van der Waals surface area contributed by atoms with Gasteiger partial charge in [0.2, 0.25) is 5.91 Å². The normalized spacial score (nSPS) is 20.4. The third kappa shape index (κ3) is 3.32. The zero-order chi connectivity index (χ0) is 12.5. The zero-order valence-corrected chi connectivity index (χ0v) is 12.7. The Balaban J connectivity index is 2.06. The molecule has 4 heteroatoms. The monoisotopic (exact) mass is 315 g/mol. The summed E-state index contributed by atoms with van der Waals surface area (Å²) in [6.45, 7) is 6.15. The average molecular weight is 316 g/mol. The molecule has 0 aliphatic carbocycles. The number of halogens is 1. The molecule has 1 fully saturated rings. The Morgan fingerprint density at radius 1 is 1.47 bits per heavy atom. The Bertz CT molecular complexity index is 413. The molecule has 2 heterocycles. The molecule has 1 aliphatic heterocycles. The Labute approximate surface area is 115 Å². The molecular weight excluding hydrogens is 298 g/mol. The molecule has 0 spiro atoms. The van der Waals surface area contributed by atoms with Crippen LogP contribution >= 0.6 is 27.3 Å². The third-order valence-corrected chi connectivity index (χ3v) is 5.36. The smallest absolute Gasteiger partial charge is 0.222 e. The molecule has 1 aromatic rings.